The lowest BCUT2D eigenvalue weighted by Gasteiger charge is -2.27. The highest BCUT2D eigenvalue weighted by atomic mass is 79.9. The lowest BCUT2D eigenvalue weighted by molar-refractivity contribution is -0.125. The molecule has 0 aliphatic heterocycles. The average Bonchev–Trinajstić information content (AvgIpc) is 2.64. The highest BCUT2D eigenvalue weighted by molar-refractivity contribution is 9.10. The van der Waals surface area contributed by atoms with Crippen molar-refractivity contribution < 1.29 is 9.18 Å². The number of hydrogen-bond donors (Lipinski definition) is 2. The molecule has 1 aromatic rings. The molecule has 2 unspecified atom stereocenters. The maximum absolute atomic E-state index is 13.0. The van der Waals surface area contributed by atoms with E-state index in [2.05, 4.69) is 21.2 Å². The topological polar surface area (TPSA) is 55.1 Å². The highest BCUT2D eigenvalue weighted by Crippen LogP contribution is 2.38. The maximum Gasteiger partial charge on any atom is 0.231 e. The van der Waals surface area contributed by atoms with Gasteiger partial charge in [0.25, 0.3) is 0 Å². The first-order valence-corrected chi connectivity index (χ1v) is 6.75. The van der Waals surface area contributed by atoms with Gasteiger partial charge in [-0.15, -0.1) is 0 Å². The van der Waals surface area contributed by atoms with Crippen LogP contribution in [0.2, 0.25) is 0 Å². The van der Waals surface area contributed by atoms with Gasteiger partial charge >= 0.3 is 0 Å². The summed E-state index contributed by atoms with van der Waals surface area (Å²) in [5.74, 6) is -0.441. The third kappa shape index (κ3) is 2.42. The van der Waals surface area contributed by atoms with E-state index in [1.54, 1.807) is 6.07 Å². The van der Waals surface area contributed by atoms with E-state index in [1.807, 2.05) is 6.92 Å². The molecule has 1 aliphatic carbocycles. The number of carbonyl (C=O) groups excluding carboxylic acids is 1. The van der Waals surface area contributed by atoms with Crippen LogP contribution in [0.25, 0.3) is 0 Å². The van der Waals surface area contributed by atoms with E-state index in [0.29, 0.717) is 10.2 Å². The lowest BCUT2D eigenvalue weighted by atomic mass is 9.84. The SMILES string of the molecule is CC1(C(=O)Nc2ccc(F)cc2Br)CCCC1N. The van der Waals surface area contributed by atoms with Crippen molar-refractivity contribution in [2.24, 2.45) is 11.1 Å². The minimum Gasteiger partial charge on any atom is -0.327 e. The zero-order valence-electron chi connectivity index (χ0n) is 10.2. The van der Waals surface area contributed by atoms with Crippen LogP contribution in [0.3, 0.4) is 0 Å². The Bertz CT molecular complexity index is 480. The summed E-state index contributed by atoms with van der Waals surface area (Å²) in [6, 6.07) is 4.07. The summed E-state index contributed by atoms with van der Waals surface area (Å²) < 4.78 is 13.5. The molecule has 0 aromatic heterocycles. The fourth-order valence-corrected chi connectivity index (χ4v) is 2.78. The summed E-state index contributed by atoms with van der Waals surface area (Å²) in [7, 11) is 0. The van der Waals surface area contributed by atoms with Crippen LogP contribution in [0.4, 0.5) is 10.1 Å². The summed E-state index contributed by atoms with van der Waals surface area (Å²) in [6.07, 6.45) is 2.63. The largest absolute Gasteiger partial charge is 0.327 e. The molecule has 98 valence electrons. The van der Waals surface area contributed by atoms with Crippen LogP contribution in [0.15, 0.2) is 22.7 Å². The number of anilines is 1. The molecular formula is C13H16BrFN2O. The first-order valence-electron chi connectivity index (χ1n) is 5.95. The Labute approximate surface area is 114 Å². The first kappa shape index (κ1) is 13.5. The minimum atomic E-state index is -0.534. The Morgan fingerprint density at radius 1 is 1.61 bits per heavy atom. The standard InChI is InChI=1S/C13H16BrFN2O/c1-13(6-2-3-11(13)16)12(18)17-10-5-4-8(15)7-9(10)14/h4-5,7,11H,2-3,6,16H2,1H3,(H,17,18). The van der Waals surface area contributed by atoms with Gasteiger partial charge in [-0.2, -0.15) is 0 Å². The van der Waals surface area contributed by atoms with Crippen molar-refractivity contribution in [1.29, 1.82) is 0 Å². The van der Waals surface area contributed by atoms with Crippen molar-refractivity contribution in [3.8, 4) is 0 Å². The van der Waals surface area contributed by atoms with Crippen molar-refractivity contribution in [3.63, 3.8) is 0 Å². The van der Waals surface area contributed by atoms with Crippen molar-refractivity contribution in [1.82, 2.24) is 0 Å². The van der Waals surface area contributed by atoms with Crippen LogP contribution in [0.1, 0.15) is 26.2 Å². The van der Waals surface area contributed by atoms with Gasteiger partial charge in [0.05, 0.1) is 11.1 Å². The summed E-state index contributed by atoms with van der Waals surface area (Å²) in [5.41, 5.74) is 6.03. The molecular weight excluding hydrogens is 299 g/mol. The molecule has 2 atom stereocenters. The van der Waals surface area contributed by atoms with Crippen LogP contribution in [-0.4, -0.2) is 11.9 Å². The fourth-order valence-electron chi connectivity index (χ4n) is 2.33. The molecule has 1 amide bonds. The van der Waals surface area contributed by atoms with Crippen molar-refractivity contribution in [3.05, 3.63) is 28.5 Å². The van der Waals surface area contributed by atoms with Crippen LogP contribution in [0.5, 0.6) is 0 Å². The Hall–Kier alpha value is -0.940. The van der Waals surface area contributed by atoms with Gasteiger partial charge in [0.15, 0.2) is 0 Å². The van der Waals surface area contributed by atoms with Gasteiger partial charge in [0.1, 0.15) is 5.82 Å². The number of nitrogens with one attached hydrogen (secondary N) is 1. The molecule has 3 nitrogen and oxygen atoms in total. The smallest absolute Gasteiger partial charge is 0.231 e. The van der Waals surface area contributed by atoms with Crippen LogP contribution in [-0.2, 0) is 4.79 Å². The Morgan fingerprint density at radius 2 is 2.33 bits per heavy atom. The van der Waals surface area contributed by atoms with Gasteiger partial charge < -0.3 is 11.1 Å². The number of carbonyl (C=O) groups is 1. The van der Waals surface area contributed by atoms with Crippen LogP contribution < -0.4 is 11.1 Å². The van der Waals surface area contributed by atoms with E-state index in [4.69, 9.17) is 5.73 Å². The van der Waals surface area contributed by atoms with E-state index in [0.717, 1.165) is 19.3 Å². The molecule has 0 saturated heterocycles. The molecule has 1 aromatic carbocycles. The molecule has 1 fully saturated rings. The summed E-state index contributed by atoms with van der Waals surface area (Å²) in [5, 5.41) is 2.82. The van der Waals surface area contributed by atoms with Crippen molar-refractivity contribution >= 4 is 27.5 Å². The molecule has 3 N–H and O–H groups in total. The third-order valence-corrected chi connectivity index (χ3v) is 4.38. The first-order chi connectivity index (χ1) is 8.43. The number of rotatable bonds is 2. The van der Waals surface area contributed by atoms with Crippen molar-refractivity contribution in [2.45, 2.75) is 32.2 Å². The third-order valence-electron chi connectivity index (χ3n) is 3.73. The number of nitrogens with two attached hydrogens (primary N) is 1. The monoisotopic (exact) mass is 314 g/mol. The zero-order chi connectivity index (χ0) is 13.3. The van der Waals surface area contributed by atoms with E-state index in [1.165, 1.54) is 12.1 Å². The Morgan fingerprint density at radius 3 is 2.89 bits per heavy atom. The van der Waals surface area contributed by atoms with Gasteiger partial charge in [-0.05, 0) is 53.9 Å². The summed E-state index contributed by atoms with van der Waals surface area (Å²) in [4.78, 5) is 12.3. The van der Waals surface area contributed by atoms with Gasteiger partial charge in [-0.25, -0.2) is 4.39 Å². The molecule has 0 radical (unpaired) electrons. The predicted octanol–water partition coefficient (Wildman–Crippen LogP) is 3.04. The molecule has 2 rings (SSSR count). The van der Waals surface area contributed by atoms with Crippen molar-refractivity contribution in [2.75, 3.05) is 5.32 Å². The normalized spacial score (nSPS) is 27.2. The number of amides is 1. The molecule has 1 aliphatic rings. The molecule has 5 heteroatoms. The molecule has 0 bridgehead atoms. The number of hydrogen-bond acceptors (Lipinski definition) is 2. The van der Waals surface area contributed by atoms with E-state index in [9.17, 15) is 9.18 Å². The summed E-state index contributed by atoms with van der Waals surface area (Å²) >= 11 is 3.23. The van der Waals surface area contributed by atoms with Crippen LogP contribution in [0, 0.1) is 11.2 Å². The lowest BCUT2D eigenvalue weighted by Crippen LogP contribution is -2.44. The highest BCUT2D eigenvalue weighted by Gasteiger charge is 2.43. The number of halogens is 2. The van der Waals surface area contributed by atoms with E-state index >= 15 is 0 Å². The van der Waals surface area contributed by atoms with Gasteiger partial charge in [-0.3, -0.25) is 4.79 Å². The van der Waals surface area contributed by atoms with E-state index < -0.39 is 5.41 Å². The molecule has 18 heavy (non-hydrogen) atoms. The maximum atomic E-state index is 13.0. The second-order valence-corrected chi connectivity index (χ2v) is 5.85. The Balaban J connectivity index is 2.16. The minimum absolute atomic E-state index is 0.0974. The second-order valence-electron chi connectivity index (χ2n) is 4.99. The van der Waals surface area contributed by atoms with E-state index in [-0.39, 0.29) is 17.8 Å². The molecule has 1 saturated carbocycles. The fraction of sp³-hybridized carbons (Fsp3) is 0.462. The quantitative estimate of drug-likeness (QED) is 0.881. The van der Waals surface area contributed by atoms with Gasteiger partial charge in [0, 0.05) is 10.5 Å². The van der Waals surface area contributed by atoms with Crippen LogP contribution >= 0.6 is 15.9 Å². The summed E-state index contributed by atoms with van der Waals surface area (Å²) in [6.45, 7) is 1.89. The van der Waals surface area contributed by atoms with Gasteiger partial charge in [-0.1, -0.05) is 6.42 Å². The zero-order valence-corrected chi connectivity index (χ0v) is 11.8. The molecule has 0 spiro atoms. The Kier molecular flexibility index (Phi) is 3.73. The predicted molar refractivity (Wildman–Crippen MR) is 72.7 cm³/mol. The average molecular weight is 315 g/mol. The number of benzene rings is 1. The molecule has 0 heterocycles. The second kappa shape index (κ2) is 4.97. The van der Waals surface area contributed by atoms with Gasteiger partial charge in [0.2, 0.25) is 5.91 Å².